The lowest BCUT2D eigenvalue weighted by molar-refractivity contribution is -0.142. The number of hydrogen-bond acceptors (Lipinski definition) is 7. The van der Waals surface area contributed by atoms with Gasteiger partial charge in [-0.15, -0.1) is 0 Å². The first-order chi connectivity index (χ1) is 17.4. The highest BCUT2D eigenvalue weighted by atomic mass is 32.1. The average molecular weight is 538 g/mol. The molecule has 0 saturated carbocycles. The van der Waals surface area contributed by atoms with Crippen LogP contribution < -0.4 is 33.2 Å². The zero-order valence-electron chi connectivity index (χ0n) is 21.2. The lowest BCUT2D eigenvalue weighted by atomic mass is 10.00. The molecule has 0 aliphatic carbocycles. The fraction of sp³-hybridized carbons (Fsp3) is 0.542. The molecule has 13 heteroatoms. The maximum Gasteiger partial charge on any atom is 0.326 e. The Morgan fingerprint density at radius 1 is 0.946 bits per heavy atom. The van der Waals surface area contributed by atoms with Crippen molar-refractivity contribution in [2.24, 2.45) is 28.1 Å². The molecule has 1 rings (SSSR count). The number of aliphatic imine (C=N–C) groups is 1. The number of amides is 3. The Kier molecular flexibility index (Phi) is 14.1. The number of aliphatic carboxylic acids is 1. The maximum absolute atomic E-state index is 13.3. The number of guanidine groups is 1. The molecule has 1 aromatic carbocycles. The molecule has 0 heterocycles. The highest BCUT2D eigenvalue weighted by Gasteiger charge is 2.30. The van der Waals surface area contributed by atoms with E-state index in [1.165, 1.54) is 0 Å². The first kappa shape index (κ1) is 31.7. The van der Waals surface area contributed by atoms with Crippen molar-refractivity contribution in [3.05, 3.63) is 35.9 Å². The summed E-state index contributed by atoms with van der Waals surface area (Å²) in [5.74, 6) is -3.03. The lowest BCUT2D eigenvalue weighted by Crippen LogP contribution is -2.58. The molecule has 206 valence electrons. The number of carbonyl (C=O) groups is 4. The van der Waals surface area contributed by atoms with Crippen LogP contribution in [0, 0.1) is 5.92 Å². The Bertz CT molecular complexity index is 925. The minimum atomic E-state index is -1.22. The molecule has 0 unspecified atom stereocenters. The summed E-state index contributed by atoms with van der Waals surface area (Å²) < 4.78 is 0. The van der Waals surface area contributed by atoms with E-state index in [2.05, 4.69) is 33.6 Å². The van der Waals surface area contributed by atoms with Gasteiger partial charge in [0.25, 0.3) is 0 Å². The first-order valence-electron chi connectivity index (χ1n) is 12.0. The number of carboxylic acids is 1. The van der Waals surface area contributed by atoms with Crippen LogP contribution >= 0.6 is 12.6 Å². The molecule has 12 nitrogen and oxygen atoms in total. The van der Waals surface area contributed by atoms with E-state index in [1.54, 1.807) is 12.1 Å². The van der Waals surface area contributed by atoms with Crippen LogP contribution in [-0.4, -0.2) is 71.2 Å². The van der Waals surface area contributed by atoms with Crippen molar-refractivity contribution in [2.45, 2.75) is 63.7 Å². The van der Waals surface area contributed by atoms with Crippen molar-refractivity contribution in [3.63, 3.8) is 0 Å². The summed E-state index contributed by atoms with van der Waals surface area (Å²) in [6.07, 6.45) is 0.831. The molecule has 0 bridgehead atoms. The zero-order valence-corrected chi connectivity index (χ0v) is 22.1. The van der Waals surface area contributed by atoms with Crippen LogP contribution in [0.3, 0.4) is 0 Å². The Morgan fingerprint density at radius 2 is 1.51 bits per heavy atom. The minimum absolute atomic E-state index is 0.000892. The molecule has 0 aliphatic rings. The molecular weight excluding hydrogens is 498 g/mol. The van der Waals surface area contributed by atoms with E-state index in [0.717, 1.165) is 5.56 Å². The zero-order chi connectivity index (χ0) is 28.0. The Labute approximate surface area is 222 Å². The second-order valence-electron chi connectivity index (χ2n) is 9.08. The molecule has 0 spiro atoms. The third-order valence-electron chi connectivity index (χ3n) is 5.35. The molecule has 0 fully saturated rings. The standard InChI is InChI=1S/C24H39N7O5S/c1-14(2)11-18(21(33)29-17(23(35)36)9-6-10-28-24(26)27)31-22(34)19(30-20(32)16(25)13-37)12-15-7-4-3-5-8-15/h3-5,7-8,14,16-19,37H,6,9-13,25H2,1-2H3,(H,29,33)(H,30,32)(H,31,34)(H,35,36)(H4,26,27,28)/t16-,17-,18-,19+/m0/s1. The van der Waals surface area contributed by atoms with Gasteiger partial charge in [-0.25, -0.2) is 4.79 Å². The van der Waals surface area contributed by atoms with Crippen LogP contribution in [0.5, 0.6) is 0 Å². The number of hydrogen-bond donors (Lipinski definition) is 8. The van der Waals surface area contributed by atoms with Gasteiger partial charge in [0, 0.05) is 18.7 Å². The first-order valence-corrected chi connectivity index (χ1v) is 12.7. The second-order valence-corrected chi connectivity index (χ2v) is 9.44. The molecule has 0 saturated heterocycles. The predicted molar refractivity (Wildman–Crippen MR) is 145 cm³/mol. The highest BCUT2D eigenvalue weighted by molar-refractivity contribution is 7.80. The van der Waals surface area contributed by atoms with Gasteiger partial charge in [0.15, 0.2) is 5.96 Å². The monoisotopic (exact) mass is 537 g/mol. The van der Waals surface area contributed by atoms with Crippen LogP contribution in [-0.2, 0) is 25.6 Å². The minimum Gasteiger partial charge on any atom is -0.480 e. The van der Waals surface area contributed by atoms with E-state index in [4.69, 9.17) is 17.2 Å². The summed E-state index contributed by atoms with van der Waals surface area (Å²) in [6.45, 7) is 3.94. The van der Waals surface area contributed by atoms with Crippen molar-refractivity contribution in [1.82, 2.24) is 16.0 Å². The molecule has 4 atom stereocenters. The second kappa shape index (κ2) is 16.4. The van der Waals surface area contributed by atoms with Crippen LogP contribution in [0.25, 0.3) is 0 Å². The van der Waals surface area contributed by atoms with Crippen LogP contribution in [0.2, 0.25) is 0 Å². The van der Waals surface area contributed by atoms with Gasteiger partial charge in [-0.2, -0.15) is 12.6 Å². The Hall–Kier alpha value is -3.32. The average Bonchev–Trinajstić information content (AvgIpc) is 2.84. The smallest absolute Gasteiger partial charge is 0.326 e. The van der Waals surface area contributed by atoms with E-state index in [9.17, 15) is 24.3 Å². The Morgan fingerprint density at radius 3 is 2.05 bits per heavy atom. The van der Waals surface area contributed by atoms with Gasteiger partial charge in [0.05, 0.1) is 6.04 Å². The number of carboxylic acid groups (broad SMARTS) is 1. The molecule has 10 N–H and O–H groups in total. The van der Waals surface area contributed by atoms with Gasteiger partial charge in [0.2, 0.25) is 17.7 Å². The normalized spacial score (nSPS) is 14.1. The number of nitrogens with two attached hydrogens (primary N) is 3. The van der Waals surface area contributed by atoms with Gasteiger partial charge in [-0.1, -0.05) is 44.2 Å². The number of benzene rings is 1. The molecule has 0 radical (unpaired) electrons. The van der Waals surface area contributed by atoms with Gasteiger partial charge >= 0.3 is 5.97 Å². The summed E-state index contributed by atoms with van der Waals surface area (Å²) in [5.41, 5.74) is 17.1. The molecule has 3 amide bonds. The van der Waals surface area contributed by atoms with Crippen LogP contribution in [0.15, 0.2) is 35.3 Å². The van der Waals surface area contributed by atoms with Gasteiger partial charge < -0.3 is 38.3 Å². The number of rotatable bonds is 16. The SMILES string of the molecule is CC(C)C[C@H](NC(=O)[C@@H](Cc1ccccc1)NC(=O)[C@@H](N)CS)C(=O)N[C@@H](CCCN=C(N)N)C(=O)O. The largest absolute Gasteiger partial charge is 0.480 e. The van der Waals surface area contributed by atoms with Crippen molar-refractivity contribution < 1.29 is 24.3 Å². The summed E-state index contributed by atoms with van der Waals surface area (Å²) in [5, 5.41) is 17.4. The fourth-order valence-corrected chi connectivity index (χ4v) is 3.60. The molecule has 37 heavy (non-hydrogen) atoms. The lowest BCUT2D eigenvalue weighted by Gasteiger charge is -2.26. The van der Waals surface area contributed by atoms with E-state index in [0.29, 0.717) is 6.42 Å². The van der Waals surface area contributed by atoms with Crippen molar-refractivity contribution in [1.29, 1.82) is 0 Å². The quantitative estimate of drug-likeness (QED) is 0.0572. The number of carbonyl (C=O) groups excluding carboxylic acids is 3. The summed E-state index contributed by atoms with van der Waals surface area (Å²) in [4.78, 5) is 54.3. The third-order valence-corrected chi connectivity index (χ3v) is 5.74. The Balaban J connectivity index is 3.02. The summed E-state index contributed by atoms with van der Waals surface area (Å²) in [7, 11) is 0. The maximum atomic E-state index is 13.3. The number of nitrogens with zero attached hydrogens (tertiary/aromatic N) is 1. The van der Waals surface area contributed by atoms with Crippen LogP contribution in [0.4, 0.5) is 0 Å². The van der Waals surface area contributed by atoms with E-state index < -0.39 is 47.9 Å². The summed E-state index contributed by atoms with van der Waals surface area (Å²) >= 11 is 4.03. The van der Waals surface area contributed by atoms with Crippen LogP contribution in [0.1, 0.15) is 38.7 Å². The topological polar surface area (TPSA) is 215 Å². The number of thiol groups is 1. The van der Waals surface area contributed by atoms with Gasteiger partial charge in [-0.05, 0) is 30.7 Å². The van der Waals surface area contributed by atoms with Crippen molar-refractivity contribution >= 4 is 42.3 Å². The van der Waals surface area contributed by atoms with Crippen molar-refractivity contribution in [2.75, 3.05) is 12.3 Å². The third kappa shape index (κ3) is 12.5. The molecular formula is C24H39N7O5S. The fourth-order valence-electron chi connectivity index (χ4n) is 3.43. The van der Waals surface area contributed by atoms with Gasteiger partial charge in [-0.3, -0.25) is 19.4 Å². The molecule has 1 aromatic rings. The van der Waals surface area contributed by atoms with Gasteiger partial charge in [0.1, 0.15) is 18.1 Å². The number of nitrogens with one attached hydrogen (secondary N) is 3. The molecule has 0 aromatic heterocycles. The van der Waals surface area contributed by atoms with Crippen molar-refractivity contribution in [3.8, 4) is 0 Å². The van der Waals surface area contributed by atoms with E-state index >= 15 is 0 Å². The summed E-state index contributed by atoms with van der Waals surface area (Å²) in [6, 6.07) is 4.90. The van der Waals surface area contributed by atoms with E-state index in [1.807, 2.05) is 32.0 Å². The highest BCUT2D eigenvalue weighted by Crippen LogP contribution is 2.09. The van der Waals surface area contributed by atoms with E-state index in [-0.39, 0.29) is 43.4 Å². The predicted octanol–water partition coefficient (Wildman–Crippen LogP) is -0.875. The molecule has 0 aliphatic heterocycles.